The molecule has 0 amide bonds. The summed E-state index contributed by atoms with van der Waals surface area (Å²) >= 11 is 0. The van der Waals surface area contributed by atoms with Gasteiger partial charge in [0.05, 0.1) is 5.57 Å². The van der Waals surface area contributed by atoms with E-state index in [4.69, 9.17) is 16.0 Å². The van der Waals surface area contributed by atoms with Crippen LogP contribution in [0.1, 0.15) is 64.7 Å². The van der Waals surface area contributed by atoms with Crippen molar-refractivity contribution in [2.45, 2.75) is 76.8 Å². The molecule has 4 aliphatic rings. The normalized spacial score (nSPS) is 26.5. The van der Waals surface area contributed by atoms with Crippen molar-refractivity contribution in [2.24, 2.45) is 16.6 Å². The summed E-state index contributed by atoms with van der Waals surface area (Å²) in [5.74, 6) is 2.30. The summed E-state index contributed by atoms with van der Waals surface area (Å²) < 4.78 is 0. The summed E-state index contributed by atoms with van der Waals surface area (Å²) in [5, 5.41) is 12.6. The smallest absolute Gasteiger partial charge is 0.258 e. The molecule has 7 nitrogen and oxygen atoms in total. The number of likely N-dealkylation sites (tertiary alicyclic amines) is 1. The largest absolute Gasteiger partial charge is 0.402 e. The summed E-state index contributed by atoms with van der Waals surface area (Å²) in [6.45, 7) is 3.59. The molecule has 2 aliphatic heterocycles. The lowest BCUT2D eigenvalue weighted by molar-refractivity contribution is 0.174. The predicted octanol–water partition coefficient (Wildman–Crippen LogP) is 2.77. The maximum atomic E-state index is 8.78. The molecule has 2 saturated carbocycles. The molecule has 1 saturated heterocycles. The molecule has 7 heteroatoms. The SMILES string of the molecule is C/C(N)=C/C(C(=N)N1CCC(NC2CCCCC2)CC1)=C1N=C(C2CC2)NO1. The first-order chi connectivity index (χ1) is 13.6. The maximum absolute atomic E-state index is 8.78. The highest BCUT2D eigenvalue weighted by atomic mass is 16.7. The lowest BCUT2D eigenvalue weighted by atomic mass is 9.93. The fourth-order valence-corrected chi connectivity index (χ4v) is 4.40. The molecule has 3 fully saturated rings. The summed E-state index contributed by atoms with van der Waals surface area (Å²) in [6, 6.07) is 1.26. The number of nitrogens with zero attached hydrogens (tertiary/aromatic N) is 2. The standard InChI is InChI=1S/C21H34N6O/c1-14(22)13-18(21-25-20(26-28-21)15-7-8-15)19(23)27-11-9-17(10-12-27)24-16-5-3-2-4-6-16/h13,15-17,23-24H,2-12,22H2,1H3,(H,25,26)/b14-13-,21-18?,23-19?. The van der Waals surface area contributed by atoms with Crippen LogP contribution in [-0.2, 0) is 4.84 Å². The van der Waals surface area contributed by atoms with Crippen LogP contribution in [0.25, 0.3) is 0 Å². The quantitative estimate of drug-likeness (QED) is 0.430. The molecular weight excluding hydrogens is 352 g/mol. The predicted molar refractivity (Wildman–Crippen MR) is 112 cm³/mol. The van der Waals surface area contributed by atoms with Crippen LogP contribution in [0.3, 0.4) is 0 Å². The van der Waals surface area contributed by atoms with Gasteiger partial charge in [0.25, 0.3) is 5.88 Å². The Hall–Kier alpha value is -2.02. The lowest BCUT2D eigenvalue weighted by Crippen LogP contribution is -2.48. The Morgan fingerprint density at radius 3 is 2.46 bits per heavy atom. The first-order valence-corrected chi connectivity index (χ1v) is 10.9. The third-order valence-corrected chi connectivity index (χ3v) is 6.18. The minimum absolute atomic E-state index is 0.457. The van der Waals surface area contributed by atoms with E-state index in [1.165, 1.54) is 32.1 Å². The molecular formula is C21H34N6O. The van der Waals surface area contributed by atoms with E-state index in [9.17, 15) is 0 Å². The highest BCUT2D eigenvalue weighted by Gasteiger charge is 2.33. The number of allylic oxidation sites excluding steroid dienone is 1. The second kappa shape index (κ2) is 8.55. The minimum atomic E-state index is 0.457. The molecule has 0 aromatic heterocycles. The van der Waals surface area contributed by atoms with Crippen molar-refractivity contribution in [3.05, 3.63) is 23.2 Å². The van der Waals surface area contributed by atoms with Crippen LogP contribution < -0.4 is 16.5 Å². The molecule has 0 aromatic rings. The third-order valence-electron chi connectivity index (χ3n) is 6.18. The van der Waals surface area contributed by atoms with Crippen molar-refractivity contribution >= 4 is 11.7 Å². The fourth-order valence-electron chi connectivity index (χ4n) is 4.40. The Bertz CT molecular complexity index is 675. The van der Waals surface area contributed by atoms with E-state index in [-0.39, 0.29) is 0 Å². The van der Waals surface area contributed by atoms with Gasteiger partial charge >= 0.3 is 0 Å². The minimum Gasteiger partial charge on any atom is -0.402 e. The zero-order chi connectivity index (χ0) is 19.5. The zero-order valence-electron chi connectivity index (χ0n) is 17.0. The number of aliphatic imine (C=N–C) groups is 1. The molecule has 5 N–H and O–H groups in total. The summed E-state index contributed by atoms with van der Waals surface area (Å²) in [5.41, 5.74) is 10.2. The van der Waals surface area contributed by atoms with E-state index in [1.54, 1.807) is 0 Å². The fraction of sp³-hybridized carbons (Fsp3) is 0.714. The third kappa shape index (κ3) is 4.69. The van der Waals surface area contributed by atoms with Gasteiger partial charge in [0.15, 0.2) is 0 Å². The molecule has 0 spiro atoms. The summed E-state index contributed by atoms with van der Waals surface area (Å²) in [7, 11) is 0. The van der Waals surface area contributed by atoms with E-state index in [2.05, 4.69) is 20.7 Å². The van der Waals surface area contributed by atoms with Gasteiger partial charge in [-0.25, -0.2) is 5.48 Å². The van der Waals surface area contributed by atoms with Gasteiger partial charge in [-0.15, -0.1) is 0 Å². The van der Waals surface area contributed by atoms with Crippen LogP contribution >= 0.6 is 0 Å². The molecule has 0 aromatic carbocycles. The second-order valence-electron chi connectivity index (χ2n) is 8.69. The van der Waals surface area contributed by atoms with Gasteiger partial charge < -0.3 is 20.8 Å². The molecule has 0 radical (unpaired) electrons. The van der Waals surface area contributed by atoms with E-state index >= 15 is 0 Å². The van der Waals surface area contributed by atoms with Gasteiger partial charge in [-0.1, -0.05) is 19.3 Å². The van der Waals surface area contributed by atoms with Crippen molar-refractivity contribution in [1.29, 1.82) is 5.41 Å². The maximum Gasteiger partial charge on any atom is 0.258 e. The van der Waals surface area contributed by atoms with E-state index in [0.717, 1.165) is 44.6 Å². The molecule has 4 rings (SSSR count). The number of hydroxylamine groups is 1. The van der Waals surface area contributed by atoms with Gasteiger partial charge in [0.1, 0.15) is 11.7 Å². The number of piperidine rings is 1. The summed E-state index contributed by atoms with van der Waals surface area (Å²) in [6.07, 6.45) is 13.0. The van der Waals surface area contributed by atoms with Gasteiger partial charge in [-0.05, 0) is 51.5 Å². The van der Waals surface area contributed by atoms with Gasteiger partial charge in [0.2, 0.25) is 0 Å². The highest BCUT2D eigenvalue weighted by Crippen LogP contribution is 2.33. The number of hydrogen-bond donors (Lipinski definition) is 4. The van der Waals surface area contributed by atoms with Crippen LogP contribution in [0.2, 0.25) is 0 Å². The number of amidine groups is 2. The van der Waals surface area contributed by atoms with Crippen molar-refractivity contribution in [3.63, 3.8) is 0 Å². The second-order valence-corrected chi connectivity index (χ2v) is 8.69. The Kier molecular flexibility index (Phi) is 5.90. The van der Waals surface area contributed by atoms with E-state index in [1.807, 2.05) is 13.0 Å². The Morgan fingerprint density at radius 1 is 1.14 bits per heavy atom. The first-order valence-electron chi connectivity index (χ1n) is 10.9. The van der Waals surface area contributed by atoms with Crippen molar-refractivity contribution in [3.8, 4) is 0 Å². The molecule has 28 heavy (non-hydrogen) atoms. The monoisotopic (exact) mass is 386 g/mol. The Morgan fingerprint density at radius 2 is 1.82 bits per heavy atom. The van der Waals surface area contributed by atoms with Crippen molar-refractivity contribution < 1.29 is 4.84 Å². The Labute approximate surface area is 167 Å². The molecule has 0 atom stereocenters. The van der Waals surface area contributed by atoms with Crippen molar-refractivity contribution in [2.75, 3.05) is 13.1 Å². The van der Waals surface area contributed by atoms with Crippen LogP contribution in [-0.4, -0.2) is 41.7 Å². The van der Waals surface area contributed by atoms with Gasteiger partial charge in [-0.2, -0.15) is 4.99 Å². The van der Waals surface area contributed by atoms with Crippen LogP contribution in [0.4, 0.5) is 0 Å². The van der Waals surface area contributed by atoms with E-state index < -0.39 is 0 Å². The van der Waals surface area contributed by atoms with Crippen LogP contribution in [0, 0.1) is 11.3 Å². The average molecular weight is 387 g/mol. The van der Waals surface area contributed by atoms with Crippen LogP contribution in [0.15, 0.2) is 28.2 Å². The highest BCUT2D eigenvalue weighted by molar-refractivity contribution is 6.00. The average Bonchev–Trinajstić information content (AvgIpc) is 3.44. The number of hydrogen-bond acceptors (Lipinski definition) is 6. The molecule has 0 unspecified atom stereocenters. The molecule has 2 aliphatic carbocycles. The summed E-state index contributed by atoms with van der Waals surface area (Å²) in [4.78, 5) is 12.3. The van der Waals surface area contributed by atoms with Gasteiger partial charge in [-0.3, -0.25) is 5.41 Å². The molecule has 154 valence electrons. The Balaban J connectivity index is 1.39. The zero-order valence-corrected chi connectivity index (χ0v) is 17.0. The molecule has 0 bridgehead atoms. The van der Waals surface area contributed by atoms with Gasteiger partial charge in [0, 0.05) is 36.8 Å². The van der Waals surface area contributed by atoms with Crippen LogP contribution in [0.5, 0.6) is 0 Å². The first kappa shape index (κ1) is 19.3. The van der Waals surface area contributed by atoms with E-state index in [0.29, 0.717) is 41.0 Å². The number of nitrogens with two attached hydrogens (primary N) is 1. The lowest BCUT2D eigenvalue weighted by Gasteiger charge is -2.36. The molecule has 2 heterocycles. The number of rotatable bonds is 5. The number of nitrogens with one attached hydrogen (secondary N) is 3. The van der Waals surface area contributed by atoms with Crippen molar-refractivity contribution in [1.82, 2.24) is 15.7 Å². The topological polar surface area (TPSA) is 98.8 Å².